The predicted octanol–water partition coefficient (Wildman–Crippen LogP) is 3.82. The summed E-state index contributed by atoms with van der Waals surface area (Å²) >= 11 is 5.86. The number of likely N-dealkylation sites (tertiary alicyclic amines) is 1. The molecule has 1 unspecified atom stereocenters. The number of piperidine rings is 1. The lowest BCUT2D eigenvalue weighted by Gasteiger charge is -2.38. The van der Waals surface area contributed by atoms with Gasteiger partial charge in [-0.15, -0.1) is 0 Å². The van der Waals surface area contributed by atoms with Crippen molar-refractivity contribution >= 4 is 23.6 Å². The Labute approximate surface area is 206 Å². The fourth-order valence-corrected chi connectivity index (χ4v) is 4.29. The van der Waals surface area contributed by atoms with Crippen molar-refractivity contribution in [2.45, 2.75) is 31.1 Å². The molecule has 35 heavy (non-hydrogen) atoms. The normalized spacial score (nSPS) is 16.9. The number of aliphatic hydroxyl groups is 1. The number of nitrogens with zero attached hydrogens (tertiary/aromatic N) is 4. The summed E-state index contributed by atoms with van der Waals surface area (Å²) < 4.78 is 35.0. The van der Waals surface area contributed by atoms with E-state index in [1.807, 2.05) is 4.90 Å². The van der Waals surface area contributed by atoms with Gasteiger partial charge in [-0.25, -0.2) is 23.2 Å². The maximum absolute atomic E-state index is 14.6. The number of carbonyl (C=O) groups excluding carboxylic acids is 1. The number of ether oxygens (including phenoxy) is 1. The Morgan fingerprint density at radius 2 is 1.91 bits per heavy atom. The molecule has 2 aromatic carbocycles. The number of carbonyl (C=O) groups is 1. The van der Waals surface area contributed by atoms with Crippen LogP contribution in [0.2, 0.25) is 5.02 Å². The number of hydrogen-bond donors (Lipinski definition) is 1. The molecule has 0 spiro atoms. The number of hydrogen-bond acceptors (Lipinski definition) is 6. The van der Waals surface area contributed by atoms with Gasteiger partial charge in [0.1, 0.15) is 36.0 Å². The van der Waals surface area contributed by atoms with E-state index < -0.39 is 23.2 Å². The lowest BCUT2D eigenvalue weighted by atomic mass is 9.91. The summed E-state index contributed by atoms with van der Waals surface area (Å²) in [5, 5.41) is 16.1. The summed E-state index contributed by atoms with van der Waals surface area (Å²) in [6.45, 7) is 1.09. The van der Waals surface area contributed by atoms with Gasteiger partial charge in [0.2, 0.25) is 0 Å². The van der Waals surface area contributed by atoms with Gasteiger partial charge in [-0.2, -0.15) is 5.10 Å². The lowest BCUT2D eigenvalue weighted by molar-refractivity contribution is -0.145. The first kappa shape index (κ1) is 25.0. The van der Waals surface area contributed by atoms with Crippen LogP contribution < -0.4 is 0 Å². The first-order valence-corrected chi connectivity index (χ1v) is 11.6. The second-order valence-electron chi connectivity index (χ2n) is 8.55. The molecule has 1 saturated heterocycles. The van der Waals surface area contributed by atoms with E-state index in [1.165, 1.54) is 29.5 Å². The van der Waals surface area contributed by atoms with E-state index >= 15 is 0 Å². The first-order chi connectivity index (χ1) is 16.8. The smallest absolute Gasteiger partial charge is 0.331 e. The number of esters is 1. The van der Waals surface area contributed by atoms with Gasteiger partial charge < -0.3 is 9.84 Å². The lowest BCUT2D eigenvalue weighted by Crippen LogP contribution is -2.48. The van der Waals surface area contributed by atoms with Crippen LogP contribution in [0.1, 0.15) is 24.0 Å². The topological polar surface area (TPSA) is 80.5 Å². The molecule has 1 aliphatic rings. The van der Waals surface area contributed by atoms with Gasteiger partial charge in [0.25, 0.3) is 0 Å². The number of aromatic nitrogens is 3. The van der Waals surface area contributed by atoms with Crippen LogP contribution in [0, 0.1) is 11.6 Å². The highest BCUT2D eigenvalue weighted by atomic mass is 35.5. The number of halogens is 3. The quantitative estimate of drug-likeness (QED) is 0.372. The van der Waals surface area contributed by atoms with Gasteiger partial charge in [-0.1, -0.05) is 29.8 Å². The average Bonchev–Trinajstić information content (AvgIpc) is 3.32. The maximum atomic E-state index is 14.6. The minimum absolute atomic E-state index is 0.0183. The molecule has 1 atom stereocenters. The molecule has 3 aromatic rings. The van der Waals surface area contributed by atoms with Gasteiger partial charge in [0, 0.05) is 42.4 Å². The number of rotatable bonds is 8. The SMILES string of the molecule is O=C(/C=C/c1ccc(Cl)cc1)OC1CCN(CC(O)(Cn2cncn2)c2ccc(F)cc2F)CC1. The molecule has 0 amide bonds. The molecule has 2 heterocycles. The van der Waals surface area contributed by atoms with Gasteiger partial charge in [-0.05, 0) is 42.7 Å². The molecule has 7 nitrogen and oxygen atoms in total. The van der Waals surface area contributed by atoms with E-state index in [0.717, 1.165) is 17.7 Å². The van der Waals surface area contributed by atoms with Crippen molar-refractivity contribution in [3.05, 3.63) is 89.0 Å². The molecule has 0 saturated carbocycles. The Hall–Kier alpha value is -3.14. The molecule has 0 bridgehead atoms. The van der Waals surface area contributed by atoms with Crippen LogP contribution >= 0.6 is 11.6 Å². The van der Waals surface area contributed by atoms with Crippen LogP contribution in [0.25, 0.3) is 6.08 Å². The van der Waals surface area contributed by atoms with Crippen molar-refractivity contribution in [2.75, 3.05) is 19.6 Å². The van der Waals surface area contributed by atoms with Gasteiger partial charge in [0.05, 0.1) is 6.54 Å². The molecule has 1 aliphatic heterocycles. The molecular formula is C25H25ClF2N4O3. The van der Waals surface area contributed by atoms with Gasteiger partial charge >= 0.3 is 5.97 Å². The van der Waals surface area contributed by atoms with Crippen molar-refractivity contribution in [1.29, 1.82) is 0 Å². The molecule has 1 N–H and O–H groups in total. The molecular weight excluding hydrogens is 478 g/mol. The molecule has 0 radical (unpaired) electrons. The summed E-state index contributed by atoms with van der Waals surface area (Å²) in [6.07, 6.45) is 6.65. The van der Waals surface area contributed by atoms with Gasteiger partial charge in [0.15, 0.2) is 0 Å². The summed E-state index contributed by atoms with van der Waals surface area (Å²) in [4.78, 5) is 18.1. The minimum Gasteiger partial charge on any atom is -0.459 e. The zero-order chi connectivity index (χ0) is 24.8. The fraction of sp³-hybridized carbons (Fsp3) is 0.320. The van der Waals surface area contributed by atoms with Crippen molar-refractivity contribution in [3.8, 4) is 0 Å². The van der Waals surface area contributed by atoms with E-state index in [0.29, 0.717) is 31.0 Å². The highest BCUT2D eigenvalue weighted by Gasteiger charge is 2.37. The van der Waals surface area contributed by atoms with Crippen molar-refractivity contribution in [3.63, 3.8) is 0 Å². The Morgan fingerprint density at radius 1 is 1.17 bits per heavy atom. The molecule has 1 fully saturated rings. The summed E-state index contributed by atoms with van der Waals surface area (Å²) in [6, 6.07) is 10.2. The maximum Gasteiger partial charge on any atom is 0.331 e. The highest BCUT2D eigenvalue weighted by molar-refractivity contribution is 6.30. The van der Waals surface area contributed by atoms with E-state index in [9.17, 15) is 18.7 Å². The molecule has 1 aromatic heterocycles. The number of β-amino-alcohol motifs (C(OH)–C–C–N with tert-alkyl or cyclic N) is 1. The largest absolute Gasteiger partial charge is 0.459 e. The van der Waals surface area contributed by atoms with Crippen molar-refractivity contribution < 1.29 is 23.4 Å². The van der Waals surface area contributed by atoms with Crippen LogP contribution in [0.3, 0.4) is 0 Å². The standard InChI is InChI=1S/C25H25ClF2N4O3/c26-19-4-1-18(2-5-19)3-8-24(33)35-21-9-11-31(12-10-21)14-25(34,15-32-17-29-16-30-32)22-7-6-20(27)13-23(22)28/h1-8,13,16-17,21,34H,9-12,14-15H2/b8-3+. The van der Waals surface area contributed by atoms with Crippen LogP contribution in [-0.4, -0.2) is 56.5 Å². The Balaban J connectivity index is 1.36. The van der Waals surface area contributed by atoms with Crippen LogP contribution in [-0.2, 0) is 21.7 Å². The number of benzene rings is 2. The second-order valence-corrected chi connectivity index (χ2v) is 8.98. The van der Waals surface area contributed by atoms with Crippen LogP contribution in [0.5, 0.6) is 0 Å². The van der Waals surface area contributed by atoms with E-state index in [2.05, 4.69) is 10.1 Å². The van der Waals surface area contributed by atoms with Crippen molar-refractivity contribution in [2.24, 2.45) is 0 Å². The summed E-state index contributed by atoms with van der Waals surface area (Å²) in [7, 11) is 0. The Bertz CT molecular complexity index is 1170. The predicted molar refractivity (Wildman–Crippen MR) is 126 cm³/mol. The fourth-order valence-electron chi connectivity index (χ4n) is 4.17. The van der Waals surface area contributed by atoms with Crippen molar-refractivity contribution in [1.82, 2.24) is 19.7 Å². The third-order valence-corrected chi connectivity index (χ3v) is 6.16. The second kappa shape index (κ2) is 11.1. The molecule has 10 heteroatoms. The highest BCUT2D eigenvalue weighted by Crippen LogP contribution is 2.29. The Morgan fingerprint density at radius 3 is 2.57 bits per heavy atom. The molecule has 4 rings (SSSR count). The summed E-state index contributed by atoms with van der Waals surface area (Å²) in [5.41, 5.74) is -0.854. The monoisotopic (exact) mass is 502 g/mol. The molecule has 0 aliphatic carbocycles. The van der Waals surface area contributed by atoms with Crippen LogP contribution in [0.15, 0.2) is 61.2 Å². The van der Waals surface area contributed by atoms with E-state index in [4.69, 9.17) is 16.3 Å². The third kappa shape index (κ3) is 6.72. The minimum atomic E-state index is -1.67. The summed E-state index contributed by atoms with van der Waals surface area (Å²) in [5.74, 6) is -1.99. The Kier molecular flexibility index (Phi) is 7.90. The van der Waals surface area contributed by atoms with E-state index in [1.54, 1.807) is 30.3 Å². The third-order valence-electron chi connectivity index (χ3n) is 5.91. The van der Waals surface area contributed by atoms with Crippen LogP contribution in [0.4, 0.5) is 8.78 Å². The van der Waals surface area contributed by atoms with E-state index in [-0.39, 0.29) is 24.8 Å². The first-order valence-electron chi connectivity index (χ1n) is 11.2. The zero-order valence-corrected chi connectivity index (χ0v) is 19.6. The zero-order valence-electron chi connectivity index (χ0n) is 18.9. The average molecular weight is 503 g/mol. The molecule has 184 valence electrons. The van der Waals surface area contributed by atoms with Gasteiger partial charge in [-0.3, -0.25) is 4.90 Å².